The number of thiazole rings is 1. The molecule has 2 N–H and O–H groups in total. The summed E-state index contributed by atoms with van der Waals surface area (Å²) in [5.41, 5.74) is 2.13. The van der Waals surface area contributed by atoms with Crippen molar-refractivity contribution in [2.24, 2.45) is 5.10 Å². The summed E-state index contributed by atoms with van der Waals surface area (Å²) in [7, 11) is 0. The lowest BCUT2D eigenvalue weighted by atomic mass is 10.1. The topological polar surface area (TPSA) is 92.4 Å². The van der Waals surface area contributed by atoms with Crippen molar-refractivity contribution in [2.45, 2.75) is 6.18 Å². The maximum Gasteiger partial charge on any atom is 0.433 e. The zero-order valence-corrected chi connectivity index (χ0v) is 16.9. The van der Waals surface area contributed by atoms with Crippen LogP contribution in [-0.2, 0) is 6.18 Å². The molecule has 0 aliphatic heterocycles. The molecule has 0 saturated carbocycles. The first-order valence-electron chi connectivity index (χ1n) is 9.13. The number of rotatable bonds is 5. The number of hydrazone groups is 1. The van der Waals surface area contributed by atoms with Crippen molar-refractivity contribution in [3.05, 3.63) is 83.0 Å². The van der Waals surface area contributed by atoms with Crippen LogP contribution < -0.4 is 5.43 Å². The van der Waals surface area contributed by atoms with Crippen molar-refractivity contribution in [2.75, 3.05) is 0 Å². The summed E-state index contributed by atoms with van der Waals surface area (Å²) in [6, 6.07) is 15.7. The van der Waals surface area contributed by atoms with Crippen molar-refractivity contribution in [1.29, 1.82) is 0 Å². The van der Waals surface area contributed by atoms with Gasteiger partial charge in [0.15, 0.2) is 5.69 Å². The molecule has 0 aliphatic carbocycles. The molecule has 2 aromatic heterocycles. The average Bonchev–Trinajstić information content (AvgIpc) is 3.43. The van der Waals surface area contributed by atoms with E-state index in [2.05, 4.69) is 20.6 Å². The number of aromatic nitrogens is 3. The number of amides is 1. The van der Waals surface area contributed by atoms with Crippen LogP contribution in [0.5, 0.6) is 5.75 Å². The van der Waals surface area contributed by atoms with Crippen LogP contribution >= 0.6 is 11.3 Å². The van der Waals surface area contributed by atoms with Crippen LogP contribution in [0.15, 0.2) is 71.1 Å². The fourth-order valence-corrected chi connectivity index (χ4v) is 3.53. The highest BCUT2D eigenvalue weighted by molar-refractivity contribution is 7.12. The third-order valence-electron chi connectivity index (χ3n) is 4.28. The highest BCUT2D eigenvalue weighted by Crippen LogP contribution is 2.34. The van der Waals surface area contributed by atoms with E-state index in [0.29, 0.717) is 15.8 Å². The number of nitrogens with zero attached hydrogens (tertiary/aromatic N) is 4. The number of hydrogen-bond acceptors (Lipinski definition) is 6. The lowest BCUT2D eigenvalue weighted by molar-refractivity contribution is -0.142. The maximum absolute atomic E-state index is 13.6. The molecule has 162 valence electrons. The molecule has 4 rings (SSSR count). The monoisotopic (exact) mass is 457 g/mol. The summed E-state index contributed by atoms with van der Waals surface area (Å²) in [6.07, 6.45) is -3.43. The molecular weight excluding hydrogens is 443 g/mol. The molecule has 0 fully saturated rings. The summed E-state index contributed by atoms with van der Waals surface area (Å²) in [5, 5.41) is 18.7. The molecule has 0 unspecified atom stereocenters. The van der Waals surface area contributed by atoms with Crippen LogP contribution in [0.1, 0.15) is 21.7 Å². The van der Waals surface area contributed by atoms with E-state index in [1.165, 1.54) is 17.7 Å². The van der Waals surface area contributed by atoms with E-state index in [1.54, 1.807) is 48.5 Å². The molecule has 4 aromatic rings. The Morgan fingerprint density at radius 1 is 1.12 bits per heavy atom. The van der Waals surface area contributed by atoms with Gasteiger partial charge in [0.25, 0.3) is 5.91 Å². The number of alkyl halides is 3. The predicted molar refractivity (Wildman–Crippen MR) is 113 cm³/mol. The minimum Gasteiger partial charge on any atom is -0.507 e. The molecule has 1 amide bonds. The highest BCUT2D eigenvalue weighted by Gasteiger charge is 2.37. The van der Waals surface area contributed by atoms with E-state index in [1.807, 2.05) is 0 Å². The summed E-state index contributed by atoms with van der Waals surface area (Å²) >= 11 is 0.839. The van der Waals surface area contributed by atoms with Crippen LogP contribution in [0.25, 0.3) is 16.4 Å². The average molecular weight is 457 g/mol. The summed E-state index contributed by atoms with van der Waals surface area (Å²) < 4.78 is 41.4. The number of halogens is 3. The first-order chi connectivity index (χ1) is 15.3. The Morgan fingerprint density at radius 2 is 1.84 bits per heavy atom. The quantitative estimate of drug-likeness (QED) is 0.341. The number of nitrogens with one attached hydrogen (secondary N) is 1. The second kappa shape index (κ2) is 8.63. The minimum absolute atomic E-state index is 0.0194. The van der Waals surface area contributed by atoms with Crippen molar-refractivity contribution in [3.63, 3.8) is 0 Å². The van der Waals surface area contributed by atoms with Gasteiger partial charge in [0, 0.05) is 16.5 Å². The van der Waals surface area contributed by atoms with E-state index in [-0.39, 0.29) is 22.3 Å². The van der Waals surface area contributed by atoms with Gasteiger partial charge in [-0.15, -0.1) is 11.3 Å². The number of phenols is 1. The van der Waals surface area contributed by atoms with E-state index >= 15 is 0 Å². The molecule has 0 saturated heterocycles. The standard InChI is InChI=1S/C21H14F3N5O2S/c22-21(23,24)18-10-15(13-6-2-1-3-7-13)28-29(18)20-26-16(12-32-20)19(31)27-25-11-14-8-4-5-9-17(14)30/h1-12,30H,(H,27,31). The van der Waals surface area contributed by atoms with Crippen molar-refractivity contribution in [3.8, 4) is 22.1 Å². The summed E-state index contributed by atoms with van der Waals surface area (Å²) in [6.45, 7) is 0. The number of aromatic hydroxyl groups is 1. The van der Waals surface area contributed by atoms with Gasteiger partial charge in [-0.2, -0.15) is 23.4 Å². The lowest BCUT2D eigenvalue weighted by Crippen LogP contribution is -2.18. The molecule has 32 heavy (non-hydrogen) atoms. The van der Waals surface area contributed by atoms with Gasteiger partial charge in [0.05, 0.1) is 11.9 Å². The van der Waals surface area contributed by atoms with Gasteiger partial charge in [0.1, 0.15) is 11.4 Å². The van der Waals surface area contributed by atoms with Gasteiger partial charge in [-0.1, -0.05) is 42.5 Å². The van der Waals surface area contributed by atoms with Gasteiger partial charge in [-0.05, 0) is 18.2 Å². The highest BCUT2D eigenvalue weighted by atomic mass is 32.1. The lowest BCUT2D eigenvalue weighted by Gasteiger charge is -2.06. The number of benzene rings is 2. The van der Waals surface area contributed by atoms with Crippen LogP contribution in [0.4, 0.5) is 13.2 Å². The Balaban J connectivity index is 1.58. The first-order valence-corrected chi connectivity index (χ1v) is 10.0. The molecule has 0 atom stereocenters. The van der Waals surface area contributed by atoms with Crippen molar-refractivity contribution >= 4 is 23.5 Å². The fraction of sp³-hybridized carbons (Fsp3) is 0.0476. The summed E-state index contributed by atoms with van der Waals surface area (Å²) in [4.78, 5) is 16.3. The molecule has 2 heterocycles. The Kier molecular flexibility index (Phi) is 5.73. The number of hydrogen-bond donors (Lipinski definition) is 2. The smallest absolute Gasteiger partial charge is 0.433 e. The molecule has 0 aliphatic rings. The van der Waals surface area contributed by atoms with Gasteiger partial charge in [-0.3, -0.25) is 4.79 Å². The zero-order chi connectivity index (χ0) is 22.7. The first kappa shape index (κ1) is 21.2. The molecule has 0 spiro atoms. The zero-order valence-electron chi connectivity index (χ0n) is 16.1. The molecule has 7 nitrogen and oxygen atoms in total. The normalized spacial score (nSPS) is 11.7. The molecular formula is C21H14F3N5O2S. The number of phenolic OH excluding ortho intramolecular Hbond substituents is 1. The van der Waals surface area contributed by atoms with Crippen molar-refractivity contribution < 1.29 is 23.1 Å². The minimum atomic E-state index is -4.67. The fourth-order valence-electron chi connectivity index (χ4n) is 2.76. The van der Waals surface area contributed by atoms with Gasteiger partial charge < -0.3 is 5.11 Å². The molecule has 11 heteroatoms. The number of carbonyl (C=O) groups excluding carboxylic acids is 1. The molecule has 2 aromatic carbocycles. The molecule has 0 radical (unpaired) electrons. The summed E-state index contributed by atoms with van der Waals surface area (Å²) in [5.74, 6) is -0.739. The van der Waals surface area contributed by atoms with Gasteiger partial charge >= 0.3 is 6.18 Å². The van der Waals surface area contributed by atoms with Crippen LogP contribution in [-0.4, -0.2) is 32.0 Å². The van der Waals surface area contributed by atoms with Gasteiger partial charge in [-0.25, -0.2) is 15.1 Å². The third-order valence-corrected chi connectivity index (χ3v) is 5.10. The van der Waals surface area contributed by atoms with Crippen molar-refractivity contribution in [1.82, 2.24) is 20.2 Å². The Hall–Kier alpha value is -3.99. The van der Waals surface area contributed by atoms with E-state index in [9.17, 15) is 23.1 Å². The van der Waals surface area contributed by atoms with Crippen LogP contribution in [0, 0.1) is 0 Å². The number of para-hydroxylation sites is 1. The Bertz CT molecular complexity index is 1280. The van der Waals surface area contributed by atoms with Crippen LogP contribution in [0.3, 0.4) is 0 Å². The van der Waals surface area contributed by atoms with E-state index in [0.717, 1.165) is 17.4 Å². The Labute approximate surface area is 183 Å². The maximum atomic E-state index is 13.6. The second-order valence-corrected chi connectivity index (χ2v) is 7.30. The van der Waals surface area contributed by atoms with Crippen LogP contribution in [0.2, 0.25) is 0 Å². The largest absolute Gasteiger partial charge is 0.507 e. The second-order valence-electron chi connectivity index (χ2n) is 6.46. The SMILES string of the molecule is O=C(NN=Cc1ccccc1O)c1csc(-n2nc(-c3ccccc3)cc2C(F)(F)F)n1. The Morgan fingerprint density at radius 3 is 2.56 bits per heavy atom. The van der Waals surface area contributed by atoms with Gasteiger partial charge in [0.2, 0.25) is 5.13 Å². The van der Waals surface area contributed by atoms with E-state index < -0.39 is 17.8 Å². The number of carbonyl (C=O) groups is 1. The predicted octanol–water partition coefficient (Wildman–Crippen LogP) is 4.48. The third kappa shape index (κ3) is 4.52. The van der Waals surface area contributed by atoms with E-state index in [4.69, 9.17) is 0 Å². The molecule has 0 bridgehead atoms.